The van der Waals surface area contributed by atoms with Crippen molar-refractivity contribution in [1.82, 2.24) is 10.2 Å². The van der Waals surface area contributed by atoms with Crippen LogP contribution in [0.4, 0.5) is 5.69 Å². The maximum Gasteiger partial charge on any atom is 0.264 e. The van der Waals surface area contributed by atoms with Crippen molar-refractivity contribution in [3.8, 4) is 0 Å². The smallest absolute Gasteiger partial charge is 0.264 e. The van der Waals surface area contributed by atoms with Crippen LogP contribution in [0.2, 0.25) is 0 Å². The molecule has 0 saturated carbocycles. The van der Waals surface area contributed by atoms with Crippen LogP contribution in [0, 0.1) is 0 Å². The summed E-state index contributed by atoms with van der Waals surface area (Å²) in [6.45, 7) is 3.35. The Balaban J connectivity index is 1.96. The summed E-state index contributed by atoms with van der Waals surface area (Å²) in [6.07, 6.45) is 2.21. The van der Waals surface area contributed by atoms with E-state index in [1.54, 1.807) is 18.2 Å². The number of fused-ring (bicyclic) bond motifs is 1. The lowest BCUT2D eigenvalue weighted by atomic mass is 10.1. The van der Waals surface area contributed by atoms with E-state index < -0.39 is 6.04 Å². The van der Waals surface area contributed by atoms with Gasteiger partial charge in [-0.2, -0.15) is 0 Å². The molecule has 6 nitrogen and oxygen atoms in total. The Kier molecular flexibility index (Phi) is 3.83. The Morgan fingerprint density at radius 1 is 1.27 bits per heavy atom. The fraction of sp³-hybridized carbons (Fsp3) is 0.438. The van der Waals surface area contributed by atoms with Gasteiger partial charge in [0.1, 0.15) is 6.04 Å². The Morgan fingerprint density at radius 2 is 2.09 bits per heavy atom. The molecule has 1 saturated heterocycles. The Morgan fingerprint density at radius 3 is 2.82 bits per heavy atom. The van der Waals surface area contributed by atoms with Crippen molar-refractivity contribution in [2.75, 3.05) is 18.4 Å². The van der Waals surface area contributed by atoms with E-state index >= 15 is 0 Å². The molecule has 2 aliphatic rings. The molecule has 1 aromatic carbocycles. The van der Waals surface area contributed by atoms with Crippen LogP contribution >= 0.6 is 0 Å². The zero-order valence-electron chi connectivity index (χ0n) is 12.5. The molecule has 0 bridgehead atoms. The zero-order valence-corrected chi connectivity index (χ0v) is 12.5. The second-order valence-electron chi connectivity index (χ2n) is 5.58. The Hall–Kier alpha value is -2.37. The van der Waals surface area contributed by atoms with E-state index in [4.69, 9.17) is 0 Å². The summed E-state index contributed by atoms with van der Waals surface area (Å²) in [5.74, 6) is -0.993. The van der Waals surface area contributed by atoms with E-state index in [-0.39, 0.29) is 17.7 Å². The second kappa shape index (κ2) is 5.79. The van der Waals surface area contributed by atoms with Gasteiger partial charge in [0.05, 0.1) is 11.1 Å². The van der Waals surface area contributed by atoms with E-state index in [9.17, 15) is 14.4 Å². The van der Waals surface area contributed by atoms with Crippen molar-refractivity contribution in [3.05, 3.63) is 29.3 Å². The van der Waals surface area contributed by atoms with Crippen molar-refractivity contribution < 1.29 is 14.4 Å². The predicted octanol–water partition coefficient (Wildman–Crippen LogP) is 1.38. The summed E-state index contributed by atoms with van der Waals surface area (Å²) in [4.78, 5) is 38.4. The van der Waals surface area contributed by atoms with Gasteiger partial charge >= 0.3 is 0 Å². The van der Waals surface area contributed by atoms with E-state index in [0.717, 1.165) is 24.3 Å². The Labute approximate surface area is 128 Å². The largest absolute Gasteiger partial charge is 0.384 e. The van der Waals surface area contributed by atoms with Crippen LogP contribution in [0.5, 0.6) is 0 Å². The first-order valence-corrected chi connectivity index (χ1v) is 7.67. The van der Waals surface area contributed by atoms with Crippen molar-refractivity contribution in [2.24, 2.45) is 0 Å². The molecule has 2 N–H and O–H groups in total. The monoisotopic (exact) mass is 301 g/mol. The number of carbonyl (C=O) groups is 3. The van der Waals surface area contributed by atoms with Crippen LogP contribution in [0.3, 0.4) is 0 Å². The average molecular weight is 301 g/mol. The number of carbonyl (C=O) groups excluding carboxylic acids is 3. The lowest BCUT2D eigenvalue weighted by Crippen LogP contribution is -2.52. The Bertz CT molecular complexity index is 642. The molecule has 1 aromatic rings. The van der Waals surface area contributed by atoms with E-state index in [1.807, 2.05) is 6.92 Å². The van der Waals surface area contributed by atoms with Gasteiger partial charge in [-0.25, -0.2) is 0 Å². The number of anilines is 1. The van der Waals surface area contributed by atoms with E-state index in [1.165, 1.54) is 0 Å². The van der Waals surface area contributed by atoms with Crippen molar-refractivity contribution in [3.63, 3.8) is 0 Å². The molecule has 1 atom stereocenters. The summed E-state index contributed by atoms with van der Waals surface area (Å²) in [6, 6.07) is 4.50. The fourth-order valence-electron chi connectivity index (χ4n) is 3.00. The van der Waals surface area contributed by atoms with Crippen LogP contribution in [0.1, 0.15) is 46.9 Å². The van der Waals surface area contributed by atoms with Crippen LogP contribution in [-0.4, -0.2) is 41.8 Å². The molecule has 0 aliphatic carbocycles. The van der Waals surface area contributed by atoms with Gasteiger partial charge in [-0.05, 0) is 31.4 Å². The molecule has 116 valence electrons. The first kappa shape index (κ1) is 14.6. The molecule has 6 heteroatoms. The lowest BCUT2D eigenvalue weighted by molar-refractivity contribution is -0.126. The van der Waals surface area contributed by atoms with Gasteiger partial charge in [0.15, 0.2) is 0 Å². The standard InChI is InChI=1S/C16H19N3O3/c1-2-8-17-11-6-3-5-10-13(11)16(22)19(15(10)21)12-7-4-9-18-14(12)20/h3,5-6,12,17H,2,4,7-9H2,1H3,(H,18,20). The maximum atomic E-state index is 12.7. The molecular weight excluding hydrogens is 282 g/mol. The SMILES string of the molecule is CCCNc1cccc2c1C(=O)N(C1CCCNC1=O)C2=O. The van der Waals surface area contributed by atoms with Gasteiger partial charge in [-0.3, -0.25) is 19.3 Å². The second-order valence-corrected chi connectivity index (χ2v) is 5.58. The average Bonchev–Trinajstić information content (AvgIpc) is 2.78. The molecule has 1 unspecified atom stereocenters. The van der Waals surface area contributed by atoms with Crippen molar-refractivity contribution >= 4 is 23.4 Å². The molecule has 3 amide bonds. The third kappa shape index (κ3) is 2.24. The van der Waals surface area contributed by atoms with Gasteiger partial charge < -0.3 is 10.6 Å². The van der Waals surface area contributed by atoms with Gasteiger partial charge in [0.2, 0.25) is 5.91 Å². The zero-order chi connectivity index (χ0) is 15.7. The van der Waals surface area contributed by atoms with E-state index in [2.05, 4.69) is 10.6 Å². The highest BCUT2D eigenvalue weighted by Crippen LogP contribution is 2.32. The first-order valence-electron chi connectivity index (χ1n) is 7.67. The number of benzene rings is 1. The molecule has 0 radical (unpaired) electrons. The minimum Gasteiger partial charge on any atom is -0.384 e. The van der Waals surface area contributed by atoms with Crippen LogP contribution in [0.25, 0.3) is 0 Å². The van der Waals surface area contributed by atoms with Gasteiger partial charge in [0, 0.05) is 18.8 Å². The highest BCUT2D eigenvalue weighted by atomic mass is 16.2. The number of nitrogens with one attached hydrogen (secondary N) is 2. The van der Waals surface area contributed by atoms with E-state index in [0.29, 0.717) is 29.8 Å². The molecule has 2 aliphatic heterocycles. The number of amides is 3. The number of piperidine rings is 1. The molecule has 0 aromatic heterocycles. The first-order chi connectivity index (χ1) is 10.6. The normalized spacial score (nSPS) is 20.9. The minimum absolute atomic E-state index is 0.246. The summed E-state index contributed by atoms with van der Waals surface area (Å²) in [5, 5.41) is 5.91. The number of hydrogen-bond donors (Lipinski definition) is 2. The third-order valence-corrected chi connectivity index (χ3v) is 4.08. The maximum absolute atomic E-state index is 12.7. The number of nitrogens with zero attached hydrogens (tertiary/aromatic N) is 1. The highest BCUT2D eigenvalue weighted by Gasteiger charge is 2.44. The third-order valence-electron chi connectivity index (χ3n) is 4.08. The molecule has 2 heterocycles. The summed E-state index contributed by atoms with van der Waals surface area (Å²) in [5.41, 5.74) is 1.43. The lowest BCUT2D eigenvalue weighted by Gasteiger charge is -2.28. The fourth-order valence-corrected chi connectivity index (χ4v) is 3.00. The molecule has 3 rings (SSSR count). The van der Waals surface area contributed by atoms with Crippen LogP contribution < -0.4 is 10.6 Å². The molecule has 1 fully saturated rings. The minimum atomic E-state index is -0.694. The van der Waals surface area contributed by atoms with Gasteiger partial charge in [0.25, 0.3) is 11.8 Å². The van der Waals surface area contributed by atoms with Gasteiger partial charge in [-0.1, -0.05) is 13.0 Å². The number of hydrogen-bond acceptors (Lipinski definition) is 4. The van der Waals surface area contributed by atoms with Crippen molar-refractivity contribution in [2.45, 2.75) is 32.2 Å². The molecule has 22 heavy (non-hydrogen) atoms. The van der Waals surface area contributed by atoms with Crippen molar-refractivity contribution in [1.29, 1.82) is 0 Å². The van der Waals surface area contributed by atoms with Crippen LogP contribution in [-0.2, 0) is 4.79 Å². The molecule has 0 spiro atoms. The highest BCUT2D eigenvalue weighted by molar-refractivity contribution is 6.25. The van der Waals surface area contributed by atoms with Crippen LogP contribution in [0.15, 0.2) is 18.2 Å². The quantitative estimate of drug-likeness (QED) is 0.824. The van der Waals surface area contributed by atoms with Gasteiger partial charge in [-0.15, -0.1) is 0 Å². The summed E-state index contributed by atoms with van der Waals surface area (Å²) >= 11 is 0. The number of imide groups is 1. The summed E-state index contributed by atoms with van der Waals surface area (Å²) < 4.78 is 0. The summed E-state index contributed by atoms with van der Waals surface area (Å²) in [7, 11) is 0. The topological polar surface area (TPSA) is 78.5 Å². The molecular formula is C16H19N3O3. The number of rotatable bonds is 4. The predicted molar refractivity (Wildman–Crippen MR) is 81.8 cm³/mol.